The summed E-state index contributed by atoms with van der Waals surface area (Å²) in [5.74, 6) is 0.881. The summed E-state index contributed by atoms with van der Waals surface area (Å²) >= 11 is 0. The Balaban J connectivity index is 2.90. The van der Waals surface area contributed by atoms with Gasteiger partial charge in [-0.25, -0.2) is 9.67 Å². The minimum atomic E-state index is -0.903. The zero-order valence-electron chi connectivity index (χ0n) is 10.5. The van der Waals surface area contributed by atoms with Crippen LogP contribution in [0.15, 0.2) is 6.33 Å². The molecular formula is C11H22N4O. The van der Waals surface area contributed by atoms with E-state index in [9.17, 15) is 5.11 Å². The second kappa shape index (κ2) is 4.93. The molecule has 0 bridgehead atoms. The molecule has 16 heavy (non-hydrogen) atoms. The van der Waals surface area contributed by atoms with E-state index in [0.717, 1.165) is 5.82 Å². The van der Waals surface area contributed by atoms with Crippen LogP contribution in [0.1, 0.15) is 39.6 Å². The Labute approximate surface area is 96.7 Å². The molecule has 0 aliphatic heterocycles. The monoisotopic (exact) mass is 226 g/mol. The summed E-state index contributed by atoms with van der Waals surface area (Å²) in [7, 11) is 0. The number of rotatable bonds is 5. The van der Waals surface area contributed by atoms with Crippen molar-refractivity contribution in [2.45, 2.75) is 45.8 Å². The van der Waals surface area contributed by atoms with Crippen LogP contribution in [-0.2, 0) is 6.42 Å². The molecule has 5 nitrogen and oxygen atoms in total. The van der Waals surface area contributed by atoms with Gasteiger partial charge in [0.05, 0.1) is 5.60 Å². The molecule has 0 saturated heterocycles. The summed E-state index contributed by atoms with van der Waals surface area (Å²) in [5.41, 5.74) is 4.74. The molecule has 1 rings (SSSR count). The maximum absolute atomic E-state index is 10.4. The quantitative estimate of drug-likeness (QED) is 0.776. The highest BCUT2D eigenvalue weighted by Crippen LogP contribution is 2.21. The predicted molar refractivity (Wildman–Crippen MR) is 63.0 cm³/mol. The maximum Gasteiger partial charge on any atom is 0.138 e. The lowest BCUT2D eigenvalue weighted by Gasteiger charge is -2.30. The second-order valence-corrected chi connectivity index (χ2v) is 4.85. The molecular weight excluding hydrogens is 204 g/mol. The van der Waals surface area contributed by atoms with Crippen LogP contribution in [0.5, 0.6) is 0 Å². The largest absolute Gasteiger partial charge is 0.388 e. The van der Waals surface area contributed by atoms with Crippen molar-refractivity contribution in [2.24, 2.45) is 11.7 Å². The van der Waals surface area contributed by atoms with Gasteiger partial charge in [-0.15, -0.1) is 0 Å². The van der Waals surface area contributed by atoms with Crippen molar-refractivity contribution in [1.29, 1.82) is 0 Å². The van der Waals surface area contributed by atoms with Gasteiger partial charge >= 0.3 is 0 Å². The lowest BCUT2D eigenvalue weighted by atomic mass is 9.87. The molecule has 0 spiro atoms. The average Bonchev–Trinajstić information content (AvgIpc) is 2.65. The molecule has 1 heterocycles. The van der Waals surface area contributed by atoms with E-state index in [1.807, 2.05) is 32.4 Å². The molecule has 1 aromatic heterocycles. The first-order chi connectivity index (χ1) is 7.40. The van der Waals surface area contributed by atoms with Gasteiger partial charge in [0, 0.05) is 19.0 Å². The minimum absolute atomic E-state index is 0.0924. The third-order valence-electron chi connectivity index (χ3n) is 3.03. The molecule has 0 saturated carbocycles. The Bertz CT molecular complexity index is 334. The molecule has 1 atom stereocenters. The van der Waals surface area contributed by atoms with E-state index in [1.54, 1.807) is 0 Å². The fraction of sp³-hybridized carbons (Fsp3) is 0.818. The van der Waals surface area contributed by atoms with E-state index in [0.29, 0.717) is 6.42 Å². The third-order valence-corrected chi connectivity index (χ3v) is 3.03. The van der Waals surface area contributed by atoms with Crippen molar-refractivity contribution in [3.8, 4) is 0 Å². The molecule has 0 fully saturated rings. The number of nitrogens with two attached hydrogens (primary N) is 1. The topological polar surface area (TPSA) is 77.0 Å². The first-order valence-electron chi connectivity index (χ1n) is 5.71. The molecule has 92 valence electrons. The van der Waals surface area contributed by atoms with Gasteiger partial charge in [0.1, 0.15) is 12.2 Å². The van der Waals surface area contributed by atoms with Gasteiger partial charge in [-0.1, -0.05) is 13.8 Å². The van der Waals surface area contributed by atoms with Crippen LogP contribution in [0.2, 0.25) is 0 Å². The van der Waals surface area contributed by atoms with Crippen LogP contribution >= 0.6 is 0 Å². The number of aliphatic hydroxyl groups is 1. The fourth-order valence-electron chi connectivity index (χ4n) is 1.62. The molecule has 0 aromatic carbocycles. The Hall–Kier alpha value is -0.940. The summed E-state index contributed by atoms with van der Waals surface area (Å²) in [5, 5.41) is 14.5. The van der Waals surface area contributed by atoms with Crippen LogP contribution < -0.4 is 5.73 Å². The summed E-state index contributed by atoms with van der Waals surface area (Å²) in [6.07, 6.45) is 1.96. The van der Waals surface area contributed by atoms with Gasteiger partial charge in [0.2, 0.25) is 0 Å². The number of hydrogen-bond donors (Lipinski definition) is 2. The van der Waals surface area contributed by atoms with Gasteiger partial charge in [0.25, 0.3) is 0 Å². The summed E-state index contributed by atoms with van der Waals surface area (Å²) in [6.45, 7) is 8.23. The normalized spacial score (nSPS) is 15.8. The van der Waals surface area contributed by atoms with Crippen LogP contribution in [0.4, 0.5) is 0 Å². The molecule has 5 heteroatoms. The van der Waals surface area contributed by atoms with Crippen molar-refractivity contribution >= 4 is 0 Å². The second-order valence-electron chi connectivity index (χ2n) is 4.85. The van der Waals surface area contributed by atoms with Crippen LogP contribution in [-0.4, -0.2) is 32.0 Å². The van der Waals surface area contributed by atoms with Crippen molar-refractivity contribution < 1.29 is 5.11 Å². The van der Waals surface area contributed by atoms with Crippen molar-refractivity contribution in [3.63, 3.8) is 0 Å². The smallest absolute Gasteiger partial charge is 0.138 e. The fourth-order valence-corrected chi connectivity index (χ4v) is 1.62. The van der Waals surface area contributed by atoms with Crippen molar-refractivity contribution in [3.05, 3.63) is 12.2 Å². The first-order valence-corrected chi connectivity index (χ1v) is 5.71. The van der Waals surface area contributed by atoms with Crippen LogP contribution in [0.3, 0.4) is 0 Å². The average molecular weight is 226 g/mol. The Kier molecular flexibility index (Phi) is 4.04. The Morgan fingerprint density at radius 1 is 1.44 bits per heavy atom. The highest BCUT2D eigenvalue weighted by Gasteiger charge is 2.31. The Morgan fingerprint density at radius 3 is 2.50 bits per heavy atom. The molecule has 1 aromatic rings. The van der Waals surface area contributed by atoms with Crippen molar-refractivity contribution in [1.82, 2.24) is 14.8 Å². The zero-order valence-corrected chi connectivity index (χ0v) is 10.5. The lowest BCUT2D eigenvalue weighted by molar-refractivity contribution is 0.00122. The molecule has 0 radical (unpaired) electrons. The molecule has 3 N–H and O–H groups in total. The third kappa shape index (κ3) is 2.59. The molecule has 0 aliphatic rings. The highest BCUT2D eigenvalue weighted by molar-refractivity contribution is 4.97. The highest BCUT2D eigenvalue weighted by atomic mass is 16.3. The maximum atomic E-state index is 10.4. The molecule has 0 aliphatic carbocycles. The van der Waals surface area contributed by atoms with E-state index < -0.39 is 5.60 Å². The minimum Gasteiger partial charge on any atom is -0.388 e. The van der Waals surface area contributed by atoms with Crippen LogP contribution in [0.25, 0.3) is 0 Å². The zero-order chi connectivity index (χ0) is 12.3. The number of aromatic nitrogens is 3. The Morgan fingerprint density at radius 2 is 2.06 bits per heavy atom. The van der Waals surface area contributed by atoms with Gasteiger partial charge in [0.15, 0.2) is 0 Å². The van der Waals surface area contributed by atoms with E-state index in [1.165, 1.54) is 6.33 Å². The van der Waals surface area contributed by atoms with E-state index in [4.69, 9.17) is 5.73 Å². The van der Waals surface area contributed by atoms with Crippen molar-refractivity contribution in [2.75, 3.05) is 6.54 Å². The number of hydrogen-bond acceptors (Lipinski definition) is 4. The van der Waals surface area contributed by atoms with Gasteiger partial charge in [-0.3, -0.25) is 0 Å². The van der Waals surface area contributed by atoms with E-state index in [2.05, 4.69) is 10.1 Å². The predicted octanol–water partition coefficient (Wildman–Crippen LogP) is 0.747. The van der Waals surface area contributed by atoms with E-state index >= 15 is 0 Å². The van der Waals surface area contributed by atoms with Gasteiger partial charge < -0.3 is 10.8 Å². The lowest BCUT2D eigenvalue weighted by Crippen LogP contribution is -2.45. The van der Waals surface area contributed by atoms with Gasteiger partial charge in [-0.05, 0) is 19.8 Å². The summed E-state index contributed by atoms with van der Waals surface area (Å²) < 4.78 is 1.82. The van der Waals surface area contributed by atoms with Gasteiger partial charge in [-0.2, -0.15) is 5.10 Å². The first kappa shape index (κ1) is 13.1. The summed E-state index contributed by atoms with van der Waals surface area (Å²) in [6, 6.07) is 0.242. The molecule has 0 amide bonds. The SMILES string of the molecule is CC(C)n1ncnc1CC(O)(CN)C(C)C. The summed E-state index contributed by atoms with van der Waals surface area (Å²) in [4.78, 5) is 4.19. The molecule has 1 unspecified atom stereocenters. The number of nitrogens with zero attached hydrogens (tertiary/aromatic N) is 3. The van der Waals surface area contributed by atoms with Crippen LogP contribution in [0, 0.1) is 5.92 Å². The standard InChI is InChI=1S/C11H22N4O/c1-8(2)11(16,6-12)5-10-13-7-14-15(10)9(3)4/h7-9,16H,5-6,12H2,1-4H3. The van der Waals surface area contributed by atoms with E-state index in [-0.39, 0.29) is 18.5 Å².